The van der Waals surface area contributed by atoms with Crippen molar-refractivity contribution in [3.63, 3.8) is 0 Å². The number of rotatable bonds is 9. The molecule has 0 aliphatic carbocycles. The summed E-state index contributed by atoms with van der Waals surface area (Å²) in [4.78, 5) is 49.6. The topological polar surface area (TPSA) is 144 Å². The van der Waals surface area contributed by atoms with Crippen molar-refractivity contribution in [1.82, 2.24) is 9.88 Å². The zero-order chi connectivity index (χ0) is 29.5. The van der Waals surface area contributed by atoms with E-state index in [9.17, 15) is 19.5 Å². The minimum absolute atomic E-state index is 0.000811. The number of oxime groups is 1. The van der Waals surface area contributed by atoms with Gasteiger partial charge in [-0.3, -0.25) is 14.5 Å². The maximum Gasteiger partial charge on any atom is 0.337 e. The third-order valence-electron chi connectivity index (χ3n) is 7.01. The Bertz CT molecular complexity index is 1460. The molecule has 0 radical (unpaired) electrons. The number of carboxylic acids is 1. The van der Waals surface area contributed by atoms with E-state index in [0.717, 1.165) is 5.56 Å². The highest BCUT2D eigenvalue weighted by atomic mass is 35.5. The van der Waals surface area contributed by atoms with Gasteiger partial charge in [0.05, 0.1) is 24.9 Å². The number of ether oxygens (including phenoxy) is 1. The van der Waals surface area contributed by atoms with Crippen LogP contribution in [-0.4, -0.2) is 52.1 Å². The number of nitrogens with two attached hydrogens (primary N) is 1. The van der Waals surface area contributed by atoms with Gasteiger partial charge in [0.2, 0.25) is 17.7 Å². The molecule has 0 saturated carbocycles. The lowest BCUT2D eigenvalue weighted by Gasteiger charge is -2.24. The first-order valence-corrected chi connectivity index (χ1v) is 13.5. The number of amides is 2. The summed E-state index contributed by atoms with van der Waals surface area (Å²) in [7, 11) is 1.55. The zero-order valence-corrected chi connectivity index (χ0v) is 23.5. The van der Waals surface area contributed by atoms with Crippen molar-refractivity contribution in [3.05, 3.63) is 82.5 Å². The van der Waals surface area contributed by atoms with Crippen molar-refractivity contribution in [3.8, 4) is 11.6 Å². The van der Waals surface area contributed by atoms with Crippen LogP contribution in [0, 0.1) is 5.92 Å². The predicted molar refractivity (Wildman–Crippen MR) is 154 cm³/mol. The SMILES string of the molecule is COc1ccc(Cl)cc1CC1CC/C(=N\Oc2ccccn2)CN(C(=O)C[C@H](C)c2ccc(C(=O)O)c(N)c2)C1=O. The maximum atomic E-state index is 13.8. The highest BCUT2D eigenvalue weighted by Gasteiger charge is 2.34. The second-order valence-electron chi connectivity index (χ2n) is 9.89. The fourth-order valence-electron chi connectivity index (χ4n) is 4.76. The molecule has 10 nitrogen and oxygen atoms in total. The van der Waals surface area contributed by atoms with Gasteiger partial charge in [0.25, 0.3) is 0 Å². The first-order valence-electron chi connectivity index (χ1n) is 13.1. The third-order valence-corrected chi connectivity index (χ3v) is 7.24. The molecule has 2 atom stereocenters. The number of aromatic nitrogens is 1. The lowest BCUT2D eigenvalue weighted by atomic mass is 9.92. The second-order valence-corrected chi connectivity index (χ2v) is 10.3. The van der Waals surface area contributed by atoms with Gasteiger partial charge in [-0.05, 0) is 72.7 Å². The number of methoxy groups -OCH3 is 1. The van der Waals surface area contributed by atoms with Gasteiger partial charge in [-0.1, -0.05) is 35.8 Å². The van der Waals surface area contributed by atoms with Gasteiger partial charge in [0.1, 0.15) is 5.75 Å². The predicted octanol–water partition coefficient (Wildman–Crippen LogP) is 4.96. The molecule has 3 aromatic rings. The Kier molecular flexibility index (Phi) is 9.57. The number of aromatic carboxylic acids is 1. The van der Waals surface area contributed by atoms with Crippen molar-refractivity contribution in [2.24, 2.45) is 11.1 Å². The van der Waals surface area contributed by atoms with E-state index in [0.29, 0.717) is 47.2 Å². The standard InChI is InChI=1S/C30H31ClN4O6/c1-18(19-7-10-24(30(38)39)25(32)16-19)13-28(36)35-17-23(34-41-27-5-3-4-12-33-27)9-6-20(29(35)37)14-21-15-22(31)8-11-26(21)40-2/h3-5,7-8,10-12,15-16,18,20H,6,9,13-14,17,32H2,1-2H3,(H,38,39)/b34-23+/t18-,20?/m0/s1. The number of carbonyl (C=O) groups excluding carboxylic acids is 2. The number of halogens is 1. The number of carbonyl (C=O) groups is 3. The molecular weight excluding hydrogens is 548 g/mol. The molecule has 41 heavy (non-hydrogen) atoms. The summed E-state index contributed by atoms with van der Waals surface area (Å²) in [6.07, 6.45) is 2.76. The molecular formula is C30H31ClN4O6. The lowest BCUT2D eigenvalue weighted by Crippen LogP contribution is -2.42. The molecule has 1 saturated heterocycles. The van der Waals surface area contributed by atoms with Gasteiger partial charge in [-0.2, -0.15) is 0 Å². The fourth-order valence-corrected chi connectivity index (χ4v) is 4.95. The van der Waals surface area contributed by atoms with Crippen LogP contribution in [0.2, 0.25) is 5.02 Å². The number of anilines is 1. The van der Waals surface area contributed by atoms with E-state index >= 15 is 0 Å². The molecule has 1 aliphatic rings. The molecule has 0 spiro atoms. The van der Waals surface area contributed by atoms with Crippen molar-refractivity contribution in [1.29, 1.82) is 0 Å². The van der Waals surface area contributed by atoms with Gasteiger partial charge in [0, 0.05) is 35.3 Å². The Hall–Kier alpha value is -4.44. The molecule has 3 N–H and O–H groups in total. The van der Waals surface area contributed by atoms with Crippen molar-refractivity contribution in [2.45, 2.75) is 38.5 Å². The molecule has 2 heterocycles. The van der Waals surface area contributed by atoms with E-state index in [-0.39, 0.29) is 41.9 Å². The number of likely N-dealkylation sites (tertiary alicyclic amines) is 1. The minimum atomic E-state index is -1.13. The average Bonchev–Trinajstić information content (AvgIpc) is 3.11. The van der Waals surface area contributed by atoms with Crippen LogP contribution in [0.1, 0.15) is 53.6 Å². The Balaban J connectivity index is 1.59. The highest BCUT2D eigenvalue weighted by molar-refractivity contribution is 6.30. The summed E-state index contributed by atoms with van der Waals surface area (Å²) in [6, 6.07) is 15.0. The molecule has 1 aliphatic heterocycles. The quantitative estimate of drug-likeness (QED) is 0.268. The van der Waals surface area contributed by atoms with Crippen LogP contribution in [0.3, 0.4) is 0 Å². The molecule has 0 bridgehead atoms. The number of carboxylic acid groups (broad SMARTS) is 1. The third kappa shape index (κ3) is 7.40. The van der Waals surface area contributed by atoms with Crippen molar-refractivity contribution < 1.29 is 29.1 Å². The molecule has 4 rings (SSSR count). The first-order chi connectivity index (χ1) is 19.7. The summed E-state index contributed by atoms with van der Waals surface area (Å²) >= 11 is 6.23. The van der Waals surface area contributed by atoms with Crippen LogP contribution in [0.15, 0.2) is 65.9 Å². The minimum Gasteiger partial charge on any atom is -0.496 e. The monoisotopic (exact) mass is 578 g/mol. The first kappa shape index (κ1) is 29.5. The van der Waals surface area contributed by atoms with Crippen molar-refractivity contribution in [2.75, 3.05) is 19.4 Å². The lowest BCUT2D eigenvalue weighted by molar-refractivity contribution is -0.146. The molecule has 1 aromatic heterocycles. The van der Waals surface area contributed by atoms with Gasteiger partial charge >= 0.3 is 5.97 Å². The molecule has 214 valence electrons. The number of hydrogen-bond acceptors (Lipinski definition) is 8. The summed E-state index contributed by atoms with van der Waals surface area (Å²) in [5.74, 6) is -1.81. The van der Waals surface area contributed by atoms with Crippen molar-refractivity contribution >= 4 is 40.8 Å². The molecule has 1 fully saturated rings. The smallest absolute Gasteiger partial charge is 0.337 e. The number of pyridine rings is 1. The molecule has 1 unspecified atom stereocenters. The maximum absolute atomic E-state index is 13.8. The Morgan fingerprint density at radius 1 is 1.22 bits per heavy atom. The van der Waals surface area contributed by atoms with Gasteiger partial charge in [-0.25, -0.2) is 9.78 Å². The summed E-state index contributed by atoms with van der Waals surface area (Å²) in [6.45, 7) is 1.80. The van der Waals surface area contributed by atoms with Crippen LogP contribution in [0.25, 0.3) is 0 Å². The number of nitrogens with zero attached hydrogens (tertiary/aromatic N) is 3. The summed E-state index contributed by atoms with van der Waals surface area (Å²) < 4.78 is 5.48. The Labute approximate surface area is 242 Å². The van der Waals surface area contributed by atoms with Gasteiger partial charge in [-0.15, -0.1) is 0 Å². The van der Waals surface area contributed by atoms with E-state index in [1.165, 1.54) is 11.0 Å². The molecule has 2 aromatic carbocycles. The molecule has 11 heteroatoms. The molecule has 2 amide bonds. The van der Waals surface area contributed by atoms with Gasteiger partial charge < -0.3 is 20.4 Å². The number of benzene rings is 2. The summed E-state index contributed by atoms with van der Waals surface area (Å²) in [5.41, 5.74) is 8.00. The van der Waals surface area contributed by atoms with E-state index in [1.807, 2.05) is 6.92 Å². The normalized spacial score (nSPS) is 17.1. The number of nitrogen functional groups attached to an aromatic ring is 1. The Morgan fingerprint density at radius 3 is 2.71 bits per heavy atom. The average molecular weight is 579 g/mol. The largest absolute Gasteiger partial charge is 0.496 e. The zero-order valence-electron chi connectivity index (χ0n) is 22.7. The van der Waals surface area contributed by atoms with Gasteiger partial charge in [0.15, 0.2) is 0 Å². The fraction of sp³-hybridized carbons (Fsp3) is 0.300. The Morgan fingerprint density at radius 2 is 2.02 bits per heavy atom. The van der Waals surface area contributed by atoms with E-state index in [2.05, 4.69) is 10.1 Å². The number of imide groups is 1. The van der Waals surface area contributed by atoms with E-state index in [1.54, 1.807) is 61.8 Å². The number of hydrogen-bond donors (Lipinski definition) is 2. The van der Waals surface area contributed by atoms with Crippen LogP contribution in [-0.2, 0) is 16.0 Å². The van der Waals surface area contributed by atoms with Crippen LogP contribution in [0.5, 0.6) is 11.6 Å². The van der Waals surface area contributed by atoms with Crippen LogP contribution in [0.4, 0.5) is 5.69 Å². The van der Waals surface area contributed by atoms with Crippen LogP contribution < -0.4 is 15.3 Å². The summed E-state index contributed by atoms with van der Waals surface area (Å²) in [5, 5.41) is 14.0. The highest BCUT2D eigenvalue weighted by Crippen LogP contribution is 2.30. The second kappa shape index (κ2) is 13.3. The van der Waals surface area contributed by atoms with E-state index < -0.39 is 11.9 Å². The van der Waals surface area contributed by atoms with E-state index in [4.69, 9.17) is 26.9 Å². The van der Waals surface area contributed by atoms with Crippen LogP contribution >= 0.6 is 11.6 Å².